The van der Waals surface area contributed by atoms with Crippen LogP contribution in [0.15, 0.2) is 0 Å². The van der Waals surface area contributed by atoms with E-state index < -0.39 is 14.1 Å². The predicted octanol–water partition coefficient (Wildman–Crippen LogP) is 0.0425. The van der Waals surface area contributed by atoms with Gasteiger partial charge in [-0.3, -0.25) is 0 Å². The SMILES string of the molecule is CCOB(OCO)OCOC.[CH3-].[Y]. The summed E-state index contributed by atoms with van der Waals surface area (Å²) in [5, 5.41) is 8.34. The van der Waals surface area contributed by atoms with Crippen LogP contribution in [-0.4, -0.2) is 39.7 Å². The topological polar surface area (TPSA) is 57.2 Å². The Morgan fingerprint density at radius 3 is 2.23 bits per heavy atom. The summed E-state index contributed by atoms with van der Waals surface area (Å²) >= 11 is 0. The summed E-state index contributed by atoms with van der Waals surface area (Å²) in [4.78, 5) is 0. The van der Waals surface area contributed by atoms with Crippen molar-refractivity contribution in [1.82, 2.24) is 0 Å². The predicted molar refractivity (Wildman–Crippen MR) is 44.9 cm³/mol. The molecule has 0 spiro atoms. The average molecular weight is 268 g/mol. The molecule has 0 heterocycles. The molecule has 0 aliphatic rings. The van der Waals surface area contributed by atoms with Crippen molar-refractivity contribution in [3.05, 3.63) is 7.43 Å². The van der Waals surface area contributed by atoms with Crippen molar-refractivity contribution in [2.24, 2.45) is 0 Å². The summed E-state index contributed by atoms with van der Waals surface area (Å²) in [6.45, 7) is 1.89. The summed E-state index contributed by atoms with van der Waals surface area (Å²) in [5.74, 6) is 0. The second kappa shape index (κ2) is 15.4. The normalized spacial score (nSPS) is 8.54. The molecule has 0 aromatic heterocycles. The van der Waals surface area contributed by atoms with Gasteiger partial charge < -0.3 is 31.2 Å². The minimum Gasteiger partial charge on any atom is -0.386 e. The molecule has 0 rings (SSSR count). The Bertz CT molecular complexity index is 81.4. The molecule has 0 fully saturated rings. The molecule has 0 saturated carbocycles. The average Bonchev–Trinajstić information content (AvgIpc) is 2.01. The molecule has 0 saturated heterocycles. The molecule has 13 heavy (non-hydrogen) atoms. The smallest absolute Gasteiger partial charge is 0.386 e. The fourth-order valence-corrected chi connectivity index (χ4v) is 0.465. The van der Waals surface area contributed by atoms with Gasteiger partial charge in [0.25, 0.3) is 0 Å². The number of ether oxygens (including phenoxy) is 1. The molecule has 7 heteroatoms. The molecule has 0 atom stereocenters. The maximum atomic E-state index is 8.34. The molecular weight excluding hydrogens is 252 g/mol. The van der Waals surface area contributed by atoms with Crippen molar-refractivity contribution < 1.29 is 56.5 Å². The number of hydrogen-bond donors (Lipinski definition) is 1. The number of methoxy groups -OCH3 is 1. The zero-order valence-corrected chi connectivity index (χ0v) is 11.2. The van der Waals surface area contributed by atoms with Crippen LogP contribution in [0.1, 0.15) is 6.92 Å². The fourth-order valence-electron chi connectivity index (χ4n) is 0.465. The standard InChI is InChI=1S/C5H13BO5.CH3.Y/c1-3-9-6(10-4-7)11-5-8-2;;/h7H,3-5H2,1-2H3;1H3;/q;-1;. The Labute approximate surface area is 105 Å². The van der Waals surface area contributed by atoms with Crippen LogP contribution >= 0.6 is 0 Å². The van der Waals surface area contributed by atoms with Gasteiger partial charge in [-0.2, -0.15) is 0 Å². The summed E-state index contributed by atoms with van der Waals surface area (Å²) in [5.41, 5.74) is 0. The van der Waals surface area contributed by atoms with E-state index in [1.54, 1.807) is 6.92 Å². The third-order valence-electron chi connectivity index (χ3n) is 0.835. The third-order valence-corrected chi connectivity index (χ3v) is 0.835. The molecule has 0 bridgehead atoms. The van der Waals surface area contributed by atoms with Crippen LogP contribution in [0.2, 0.25) is 0 Å². The van der Waals surface area contributed by atoms with Crippen LogP contribution in [0.4, 0.5) is 0 Å². The molecule has 1 N–H and O–H groups in total. The maximum absolute atomic E-state index is 8.34. The first-order valence-corrected chi connectivity index (χ1v) is 3.29. The van der Waals surface area contributed by atoms with Gasteiger partial charge in [-0.1, -0.05) is 0 Å². The van der Waals surface area contributed by atoms with E-state index in [0.717, 1.165) is 0 Å². The Kier molecular flexibility index (Phi) is 23.2. The summed E-state index contributed by atoms with van der Waals surface area (Å²) in [6, 6.07) is 0. The monoisotopic (exact) mass is 268 g/mol. The zero-order chi connectivity index (χ0) is 8.53. The van der Waals surface area contributed by atoms with Gasteiger partial charge in [0.1, 0.15) is 13.6 Å². The Balaban J connectivity index is -0.000000500. The van der Waals surface area contributed by atoms with Crippen molar-refractivity contribution in [3.8, 4) is 0 Å². The van der Waals surface area contributed by atoms with E-state index in [9.17, 15) is 0 Å². The van der Waals surface area contributed by atoms with E-state index >= 15 is 0 Å². The van der Waals surface area contributed by atoms with Gasteiger partial charge in [0, 0.05) is 46.4 Å². The first kappa shape index (κ1) is 19.5. The summed E-state index contributed by atoms with van der Waals surface area (Å²) < 4.78 is 19.0. The minimum absolute atomic E-state index is 0. The second-order valence-corrected chi connectivity index (χ2v) is 1.61. The minimum atomic E-state index is -0.843. The van der Waals surface area contributed by atoms with E-state index in [1.807, 2.05) is 0 Å². The molecule has 77 valence electrons. The number of aliphatic hydroxyl groups is 1. The van der Waals surface area contributed by atoms with Gasteiger partial charge in [0.2, 0.25) is 0 Å². The van der Waals surface area contributed by atoms with Gasteiger partial charge in [-0.15, -0.1) is 0 Å². The molecule has 0 aromatic carbocycles. The van der Waals surface area contributed by atoms with Gasteiger partial charge >= 0.3 is 7.32 Å². The van der Waals surface area contributed by atoms with Crippen LogP contribution in [0.25, 0.3) is 0 Å². The van der Waals surface area contributed by atoms with Crippen molar-refractivity contribution in [2.45, 2.75) is 6.92 Å². The van der Waals surface area contributed by atoms with Crippen LogP contribution < -0.4 is 0 Å². The molecule has 0 aromatic rings. The van der Waals surface area contributed by atoms with Gasteiger partial charge in [0.15, 0.2) is 0 Å². The fraction of sp³-hybridized carbons (Fsp3) is 0.833. The number of rotatable bonds is 7. The van der Waals surface area contributed by atoms with E-state index in [1.165, 1.54) is 7.11 Å². The van der Waals surface area contributed by atoms with E-state index in [-0.39, 0.29) is 46.9 Å². The zero-order valence-electron chi connectivity index (χ0n) is 8.36. The van der Waals surface area contributed by atoms with Crippen LogP contribution in [-0.2, 0) is 51.4 Å². The first-order chi connectivity index (χ1) is 5.35. The first-order valence-electron chi connectivity index (χ1n) is 3.29. The Hall–Kier alpha value is 0.969. The molecule has 0 aliphatic carbocycles. The molecule has 0 aliphatic heterocycles. The van der Waals surface area contributed by atoms with E-state index in [0.29, 0.717) is 6.61 Å². The van der Waals surface area contributed by atoms with Crippen LogP contribution in [0, 0.1) is 7.43 Å². The van der Waals surface area contributed by atoms with Crippen molar-refractivity contribution in [1.29, 1.82) is 0 Å². The Morgan fingerprint density at radius 2 is 1.85 bits per heavy atom. The maximum Gasteiger partial charge on any atom is 0.642 e. The van der Waals surface area contributed by atoms with Crippen LogP contribution in [0.5, 0.6) is 0 Å². The van der Waals surface area contributed by atoms with Gasteiger partial charge in [0.05, 0.1) is 0 Å². The molecule has 1 radical (unpaired) electrons. The molecule has 0 amide bonds. The summed E-state index contributed by atoms with van der Waals surface area (Å²) in [7, 11) is 0.645. The summed E-state index contributed by atoms with van der Waals surface area (Å²) in [6.07, 6.45) is 0. The molecular formula is C6H16BO5Y-. The molecule has 5 nitrogen and oxygen atoms in total. The van der Waals surface area contributed by atoms with E-state index in [4.69, 9.17) is 14.4 Å². The van der Waals surface area contributed by atoms with Crippen molar-refractivity contribution in [3.63, 3.8) is 0 Å². The number of hydrogen-bond acceptors (Lipinski definition) is 5. The second-order valence-electron chi connectivity index (χ2n) is 1.61. The quantitative estimate of drug-likeness (QED) is 0.401. The van der Waals surface area contributed by atoms with Gasteiger partial charge in [-0.25, -0.2) is 0 Å². The van der Waals surface area contributed by atoms with Crippen molar-refractivity contribution >= 4 is 7.32 Å². The largest absolute Gasteiger partial charge is 0.642 e. The van der Waals surface area contributed by atoms with Gasteiger partial charge in [-0.05, 0) is 6.92 Å². The Morgan fingerprint density at radius 1 is 1.23 bits per heavy atom. The van der Waals surface area contributed by atoms with Crippen LogP contribution in [0.3, 0.4) is 0 Å². The van der Waals surface area contributed by atoms with Crippen molar-refractivity contribution in [2.75, 3.05) is 27.3 Å². The third kappa shape index (κ3) is 13.0. The number of aliphatic hydroxyl groups excluding tert-OH is 1. The molecule has 0 unspecified atom stereocenters. The van der Waals surface area contributed by atoms with E-state index in [2.05, 4.69) is 9.39 Å².